The van der Waals surface area contributed by atoms with Crippen molar-refractivity contribution in [1.82, 2.24) is 9.38 Å². The normalized spacial score (nSPS) is 21.3. The predicted molar refractivity (Wildman–Crippen MR) is 61.1 cm³/mol. The van der Waals surface area contributed by atoms with E-state index >= 15 is 0 Å². The van der Waals surface area contributed by atoms with Gasteiger partial charge in [0.1, 0.15) is 5.82 Å². The Morgan fingerprint density at radius 2 is 2.47 bits per heavy atom. The molecular weight excluding hydrogens is 256 g/mol. The molecule has 1 saturated heterocycles. The fraction of sp³-hybridized carbons (Fsp3) is 0.364. The number of nitrogens with zero attached hydrogens (tertiary/aromatic N) is 2. The summed E-state index contributed by atoms with van der Waals surface area (Å²) in [7, 11) is 0. The smallest absolute Gasteiger partial charge is 0.118 e. The zero-order valence-corrected chi connectivity index (χ0v) is 9.77. The molecule has 0 aromatic carbocycles. The third-order valence-electron chi connectivity index (χ3n) is 2.84. The lowest BCUT2D eigenvalue weighted by atomic mass is 10.1. The first-order chi connectivity index (χ1) is 7.36. The van der Waals surface area contributed by atoms with Crippen LogP contribution in [0.3, 0.4) is 0 Å². The molecule has 78 valence electrons. The molecule has 3 rings (SSSR count). The fourth-order valence-electron chi connectivity index (χ4n) is 2.05. The van der Waals surface area contributed by atoms with Crippen molar-refractivity contribution >= 4 is 21.4 Å². The molecule has 0 radical (unpaired) electrons. The molecule has 15 heavy (non-hydrogen) atoms. The average molecular weight is 267 g/mol. The molecule has 0 spiro atoms. The number of pyridine rings is 1. The van der Waals surface area contributed by atoms with Crippen molar-refractivity contribution in [2.45, 2.75) is 12.3 Å². The second-order valence-corrected chi connectivity index (χ2v) is 4.64. The fourth-order valence-corrected chi connectivity index (χ4v) is 2.49. The molecule has 1 atom stereocenters. The molecule has 2 aromatic rings. The van der Waals surface area contributed by atoms with Crippen molar-refractivity contribution in [2.75, 3.05) is 13.2 Å². The summed E-state index contributed by atoms with van der Waals surface area (Å²) in [5, 5.41) is 0. The van der Waals surface area contributed by atoms with Crippen LogP contribution in [0.4, 0.5) is 0 Å². The van der Waals surface area contributed by atoms with Gasteiger partial charge < -0.3 is 9.14 Å². The van der Waals surface area contributed by atoms with Crippen LogP contribution in [-0.2, 0) is 4.74 Å². The van der Waals surface area contributed by atoms with Crippen LogP contribution >= 0.6 is 15.9 Å². The lowest BCUT2D eigenvalue weighted by Gasteiger charge is -2.06. The molecule has 1 aliphatic heterocycles. The van der Waals surface area contributed by atoms with Gasteiger partial charge in [0.05, 0.1) is 18.3 Å². The first-order valence-electron chi connectivity index (χ1n) is 5.05. The summed E-state index contributed by atoms with van der Waals surface area (Å²) in [6.45, 7) is 1.65. The summed E-state index contributed by atoms with van der Waals surface area (Å²) < 4.78 is 8.62. The van der Waals surface area contributed by atoms with Crippen LogP contribution in [0.1, 0.15) is 18.2 Å². The van der Waals surface area contributed by atoms with Crippen LogP contribution in [0.5, 0.6) is 0 Å². The maximum absolute atomic E-state index is 5.39. The van der Waals surface area contributed by atoms with E-state index in [0.717, 1.165) is 35.4 Å². The van der Waals surface area contributed by atoms with Gasteiger partial charge in [-0.2, -0.15) is 0 Å². The summed E-state index contributed by atoms with van der Waals surface area (Å²) in [6.07, 6.45) is 5.05. The summed E-state index contributed by atoms with van der Waals surface area (Å²) >= 11 is 3.53. The Morgan fingerprint density at radius 3 is 3.27 bits per heavy atom. The molecule has 0 aliphatic carbocycles. The molecule has 4 heteroatoms. The third-order valence-corrected chi connectivity index (χ3v) is 3.51. The monoisotopic (exact) mass is 266 g/mol. The second-order valence-electron chi connectivity index (χ2n) is 3.79. The van der Waals surface area contributed by atoms with E-state index in [0.29, 0.717) is 5.92 Å². The van der Waals surface area contributed by atoms with Gasteiger partial charge in [-0.15, -0.1) is 0 Å². The largest absolute Gasteiger partial charge is 0.381 e. The summed E-state index contributed by atoms with van der Waals surface area (Å²) in [6, 6.07) is 4.06. The Labute approximate surface area is 96.2 Å². The van der Waals surface area contributed by atoms with Crippen LogP contribution < -0.4 is 0 Å². The van der Waals surface area contributed by atoms with Crippen molar-refractivity contribution in [3.63, 3.8) is 0 Å². The highest BCUT2D eigenvalue weighted by molar-refractivity contribution is 9.10. The molecule has 0 saturated carbocycles. The minimum Gasteiger partial charge on any atom is -0.381 e. The first kappa shape index (κ1) is 9.36. The van der Waals surface area contributed by atoms with Crippen molar-refractivity contribution in [3.05, 3.63) is 34.8 Å². The van der Waals surface area contributed by atoms with Crippen LogP contribution in [0.15, 0.2) is 29.0 Å². The Kier molecular flexibility index (Phi) is 2.25. The van der Waals surface area contributed by atoms with Gasteiger partial charge in [-0.25, -0.2) is 4.98 Å². The van der Waals surface area contributed by atoms with Gasteiger partial charge in [0, 0.05) is 23.2 Å². The van der Waals surface area contributed by atoms with Gasteiger partial charge in [-0.1, -0.05) is 0 Å². The highest BCUT2D eigenvalue weighted by Crippen LogP contribution is 2.27. The number of hydrogen-bond donors (Lipinski definition) is 0. The van der Waals surface area contributed by atoms with Crippen molar-refractivity contribution in [2.24, 2.45) is 0 Å². The number of rotatable bonds is 1. The second kappa shape index (κ2) is 3.61. The number of ether oxygens (including phenoxy) is 1. The van der Waals surface area contributed by atoms with E-state index in [9.17, 15) is 0 Å². The summed E-state index contributed by atoms with van der Waals surface area (Å²) in [5.74, 6) is 1.56. The minimum atomic E-state index is 0.446. The highest BCUT2D eigenvalue weighted by atomic mass is 79.9. The SMILES string of the molecule is Brc1cccn2c(C3CCOC3)ncc12. The van der Waals surface area contributed by atoms with E-state index in [1.807, 2.05) is 18.3 Å². The Bertz CT molecular complexity index is 488. The van der Waals surface area contributed by atoms with Gasteiger partial charge in [0.15, 0.2) is 0 Å². The van der Waals surface area contributed by atoms with E-state index in [2.05, 4.69) is 31.5 Å². The third kappa shape index (κ3) is 1.48. The average Bonchev–Trinajstić information content (AvgIpc) is 2.85. The maximum Gasteiger partial charge on any atom is 0.118 e. The maximum atomic E-state index is 5.39. The van der Waals surface area contributed by atoms with E-state index in [1.54, 1.807) is 0 Å². The number of aromatic nitrogens is 2. The van der Waals surface area contributed by atoms with E-state index in [-0.39, 0.29) is 0 Å². The molecule has 0 amide bonds. The quantitative estimate of drug-likeness (QED) is 0.794. The van der Waals surface area contributed by atoms with Gasteiger partial charge in [-0.3, -0.25) is 0 Å². The molecular formula is C11H11BrN2O. The van der Waals surface area contributed by atoms with Crippen molar-refractivity contribution < 1.29 is 4.74 Å². The van der Waals surface area contributed by atoms with Crippen LogP contribution in [-0.4, -0.2) is 22.6 Å². The van der Waals surface area contributed by atoms with Gasteiger partial charge in [0.25, 0.3) is 0 Å². The molecule has 1 fully saturated rings. The summed E-state index contributed by atoms with van der Waals surface area (Å²) in [5.41, 5.74) is 1.12. The lowest BCUT2D eigenvalue weighted by Crippen LogP contribution is -2.03. The van der Waals surface area contributed by atoms with E-state index in [4.69, 9.17) is 4.74 Å². The Morgan fingerprint density at radius 1 is 1.53 bits per heavy atom. The van der Waals surface area contributed by atoms with Crippen LogP contribution in [0.25, 0.3) is 5.52 Å². The number of halogens is 1. The van der Waals surface area contributed by atoms with E-state index in [1.165, 1.54) is 0 Å². The van der Waals surface area contributed by atoms with Crippen LogP contribution in [0.2, 0.25) is 0 Å². The molecule has 2 aromatic heterocycles. The number of hydrogen-bond acceptors (Lipinski definition) is 2. The molecule has 1 aliphatic rings. The Hall–Kier alpha value is -0.870. The van der Waals surface area contributed by atoms with E-state index < -0.39 is 0 Å². The zero-order valence-electron chi connectivity index (χ0n) is 8.19. The molecule has 0 bridgehead atoms. The molecule has 3 heterocycles. The molecule has 3 nitrogen and oxygen atoms in total. The highest BCUT2D eigenvalue weighted by Gasteiger charge is 2.22. The minimum absolute atomic E-state index is 0.446. The molecule has 0 N–H and O–H groups in total. The van der Waals surface area contributed by atoms with Gasteiger partial charge in [0.2, 0.25) is 0 Å². The zero-order chi connectivity index (χ0) is 10.3. The van der Waals surface area contributed by atoms with Crippen LogP contribution in [0, 0.1) is 0 Å². The van der Waals surface area contributed by atoms with Gasteiger partial charge in [-0.05, 0) is 34.5 Å². The standard InChI is InChI=1S/C11H11BrN2O/c12-9-2-1-4-14-10(9)6-13-11(14)8-3-5-15-7-8/h1-2,4,6,8H,3,5,7H2. The Balaban J connectivity index is 2.15. The lowest BCUT2D eigenvalue weighted by molar-refractivity contribution is 0.193. The predicted octanol–water partition coefficient (Wildman–Crippen LogP) is 2.60. The van der Waals surface area contributed by atoms with Gasteiger partial charge >= 0.3 is 0 Å². The topological polar surface area (TPSA) is 26.5 Å². The number of imidazole rings is 1. The van der Waals surface area contributed by atoms with Crippen molar-refractivity contribution in [3.8, 4) is 0 Å². The first-order valence-corrected chi connectivity index (χ1v) is 5.85. The summed E-state index contributed by atoms with van der Waals surface area (Å²) in [4.78, 5) is 4.49. The van der Waals surface area contributed by atoms with Crippen molar-refractivity contribution in [1.29, 1.82) is 0 Å². The number of fused-ring (bicyclic) bond motifs is 1. The molecule has 1 unspecified atom stereocenters.